The summed E-state index contributed by atoms with van der Waals surface area (Å²) < 4.78 is 40.5. The lowest BCUT2D eigenvalue weighted by Gasteiger charge is -2.13. The van der Waals surface area contributed by atoms with Gasteiger partial charge in [-0.25, -0.2) is 8.78 Å². The molecule has 9 heteroatoms. The number of halogens is 3. The topological polar surface area (TPSA) is 64.1 Å². The Labute approximate surface area is 182 Å². The molecule has 0 amide bonds. The third-order valence-electron chi connectivity index (χ3n) is 4.09. The number of nitrogens with zero attached hydrogens (tertiary/aromatic N) is 1. The number of ether oxygens (including phenoxy) is 3. The molecule has 1 fully saturated rings. The van der Waals surface area contributed by atoms with E-state index < -0.39 is 13.0 Å². The molecule has 0 spiro atoms. The molecule has 2 N–H and O–H groups in total. The minimum atomic E-state index is -2.48. The zero-order chi connectivity index (χ0) is 19.3. The van der Waals surface area contributed by atoms with Crippen molar-refractivity contribution in [1.82, 2.24) is 10.6 Å². The predicted molar refractivity (Wildman–Crippen MR) is 116 cm³/mol. The standard InChI is InChI=1S/C19H29F2N3O3.HI/c1-22-19(23-7-3-8-25-12-16-6-9-26-13-16)24-11-15-4-2-5-17(10-15)27-14-18(20)21;/h2,4-5,10,16,18H,3,6-9,11-14H2,1H3,(H2,22,23,24);1H. The molecule has 160 valence electrons. The second-order valence-corrected chi connectivity index (χ2v) is 6.36. The molecule has 1 aliphatic heterocycles. The Kier molecular flexibility index (Phi) is 13.1. The van der Waals surface area contributed by atoms with Gasteiger partial charge < -0.3 is 24.8 Å². The number of rotatable bonds is 11. The van der Waals surface area contributed by atoms with E-state index >= 15 is 0 Å². The Bertz CT molecular complexity index is 573. The Hall–Kier alpha value is -1.20. The maximum absolute atomic E-state index is 12.2. The predicted octanol–water partition coefficient (Wildman–Crippen LogP) is 3.06. The van der Waals surface area contributed by atoms with Crippen molar-refractivity contribution in [1.29, 1.82) is 0 Å². The van der Waals surface area contributed by atoms with Crippen LogP contribution in [0.1, 0.15) is 18.4 Å². The van der Waals surface area contributed by atoms with Gasteiger partial charge >= 0.3 is 0 Å². The van der Waals surface area contributed by atoms with Crippen LogP contribution in [0.2, 0.25) is 0 Å². The van der Waals surface area contributed by atoms with Crippen LogP contribution < -0.4 is 15.4 Å². The summed E-state index contributed by atoms with van der Waals surface area (Å²) in [6.07, 6.45) is -0.515. The van der Waals surface area contributed by atoms with Gasteiger partial charge in [0.1, 0.15) is 12.4 Å². The minimum Gasteiger partial charge on any atom is -0.488 e. The first-order valence-electron chi connectivity index (χ1n) is 9.27. The highest BCUT2D eigenvalue weighted by atomic mass is 127. The van der Waals surface area contributed by atoms with Crippen LogP contribution in [0.15, 0.2) is 29.3 Å². The molecule has 0 saturated carbocycles. The van der Waals surface area contributed by atoms with Crippen molar-refractivity contribution in [2.75, 3.05) is 46.6 Å². The van der Waals surface area contributed by atoms with Crippen molar-refractivity contribution in [3.8, 4) is 5.75 Å². The first-order chi connectivity index (χ1) is 13.2. The van der Waals surface area contributed by atoms with Crippen LogP contribution in [-0.2, 0) is 16.0 Å². The molecule has 6 nitrogen and oxygen atoms in total. The van der Waals surface area contributed by atoms with Crippen molar-refractivity contribution >= 4 is 29.9 Å². The van der Waals surface area contributed by atoms with Crippen LogP contribution in [-0.4, -0.2) is 59.0 Å². The average molecular weight is 513 g/mol. The molecule has 0 radical (unpaired) electrons. The zero-order valence-electron chi connectivity index (χ0n) is 16.2. The molecule has 1 unspecified atom stereocenters. The number of guanidine groups is 1. The summed E-state index contributed by atoms with van der Waals surface area (Å²) in [5.74, 6) is 1.65. The quantitative estimate of drug-likeness (QED) is 0.206. The number of aliphatic imine (C=N–C) groups is 1. The highest BCUT2D eigenvalue weighted by molar-refractivity contribution is 14.0. The van der Waals surface area contributed by atoms with Gasteiger partial charge in [-0.3, -0.25) is 4.99 Å². The first kappa shape index (κ1) is 24.8. The Morgan fingerprint density at radius 2 is 2.21 bits per heavy atom. The molecule has 1 saturated heterocycles. The van der Waals surface area contributed by atoms with Crippen LogP contribution in [0.25, 0.3) is 0 Å². The minimum absolute atomic E-state index is 0. The van der Waals surface area contributed by atoms with E-state index in [0.29, 0.717) is 30.8 Å². The fourth-order valence-electron chi connectivity index (χ4n) is 2.66. The van der Waals surface area contributed by atoms with Gasteiger partial charge in [-0.15, -0.1) is 24.0 Å². The van der Waals surface area contributed by atoms with Crippen molar-refractivity contribution in [3.63, 3.8) is 0 Å². The SMILES string of the molecule is CN=C(NCCCOCC1CCOC1)NCc1cccc(OCC(F)F)c1.I. The fraction of sp³-hybridized carbons (Fsp3) is 0.632. The van der Waals surface area contributed by atoms with Crippen LogP contribution in [0, 0.1) is 5.92 Å². The third-order valence-corrected chi connectivity index (χ3v) is 4.09. The smallest absolute Gasteiger partial charge is 0.272 e. The summed E-state index contributed by atoms with van der Waals surface area (Å²) in [5, 5.41) is 6.42. The van der Waals surface area contributed by atoms with E-state index in [2.05, 4.69) is 15.6 Å². The first-order valence-corrected chi connectivity index (χ1v) is 9.27. The van der Waals surface area contributed by atoms with Gasteiger partial charge in [-0.1, -0.05) is 12.1 Å². The summed E-state index contributed by atoms with van der Waals surface area (Å²) >= 11 is 0. The van der Waals surface area contributed by atoms with Gasteiger partial charge in [0.25, 0.3) is 6.43 Å². The molecule has 1 aromatic carbocycles. The highest BCUT2D eigenvalue weighted by Crippen LogP contribution is 2.14. The van der Waals surface area contributed by atoms with Crippen molar-refractivity contribution in [3.05, 3.63) is 29.8 Å². The lowest BCUT2D eigenvalue weighted by Crippen LogP contribution is -2.37. The van der Waals surface area contributed by atoms with E-state index in [1.54, 1.807) is 25.2 Å². The van der Waals surface area contributed by atoms with Crippen LogP contribution in [0.5, 0.6) is 5.75 Å². The number of benzene rings is 1. The van der Waals surface area contributed by atoms with Crippen molar-refractivity contribution in [2.45, 2.75) is 25.8 Å². The lowest BCUT2D eigenvalue weighted by molar-refractivity contribution is 0.0818. The van der Waals surface area contributed by atoms with E-state index in [4.69, 9.17) is 14.2 Å². The van der Waals surface area contributed by atoms with Crippen molar-refractivity contribution < 1.29 is 23.0 Å². The molecule has 0 bridgehead atoms. The van der Waals surface area contributed by atoms with Gasteiger partial charge in [0.05, 0.1) is 13.2 Å². The molecular formula is C19H30F2IN3O3. The summed E-state index contributed by atoms with van der Waals surface area (Å²) in [5.41, 5.74) is 0.923. The molecule has 1 aliphatic rings. The number of hydrogen-bond acceptors (Lipinski definition) is 4. The fourth-order valence-corrected chi connectivity index (χ4v) is 2.66. The van der Waals surface area contributed by atoms with Gasteiger partial charge in [-0.2, -0.15) is 0 Å². The van der Waals surface area contributed by atoms with Gasteiger partial charge in [0, 0.05) is 39.3 Å². The summed E-state index contributed by atoms with van der Waals surface area (Å²) in [6.45, 7) is 3.78. The molecule has 0 aliphatic carbocycles. The van der Waals surface area contributed by atoms with Gasteiger partial charge in [0.2, 0.25) is 0 Å². The van der Waals surface area contributed by atoms with E-state index in [-0.39, 0.29) is 24.0 Å². The van der Waals surface area contributed by atoms with Gasteiger partial charge in [-0.05, 0) is 30.5 Å². The largest absolute Gasteiger partial charge is 0.488 e. The lowest BCUT2D eigenvalue weighted by atomic mass is 10.1. The van der Waals surface area contributed by atoms with Crippen molar-refractivity contribution in [2.24, 2.45) is 10.9 Å². The summed E-state index contributed by atoms with van der Waals surface area (Å²) in [4.78, 5) is 4.17. The van der Waals surface area contributed by atoms with E-state index in [9.17, 15) is 8.78 Å². The van der Waals surface area contributed by atoms with Gasteiger partial charge in [0.15, 0.2) is 5.96 Å². The Morgan fingerprint density at radius 1 is 1.36 bits per heavy atom. The average Bonchev–Trinajstić information content (AvgIpc) is 3.19. The van der Waals surface area contributed by atoms with E-state index in [0.717, 1.165) is 44.8 Å². The second-order valence-electron chi connectivity index (χ2n) is 6.36. The number of alkyl halides is 2. The Morgan fingerprint density at radius 3 is 2.93 bits per heavy atom. The van der Waals surface area contributed by atoms with Crippen LogP contribution in [0.4, 0.5) is 8.78 Å². The maximum Gasteiger partial charge on any atom is 0.272 e. The van der Waals surface area contributed by atoms with Crippen LogP contribution >= 0.6 is 24.0 Å². The van der Waals surface area contributed by atoms with E-state index in [1.165, 1.54) is 0 Å². The summed E-state index contributed by atoms with van der Waals surface area (Å²) in [6, 6.07) is 7.08. The number of nitrogens with one attached hydrogen (secondary N) is 2. The third kappa shape index (κ3) is 10.4. The zero-order valence-corrected chi connectivity index (χ0v) is 18.5. The Balaban J connectivity index is 0.00000392. The summed E-state index contributed by atoms with van der Waals surface area (Å²) in [7, 11) is 1.70. The maximum atomic E-state index is 12.2. The van der Waals surface area contributed by atoms with E-state index in [1.807, 2.05) is 6.07 Å². The molecule has 1 heterocycles. The molecule has 0 aromatic heterocycles. The molecular weight excluding hydrogens is 483 g/mol. The molecule has 1 aromatic rings. The number of hydrogen-bond donors (Lipinski definition) is 2. The normalized spacial score (nSPS) is 16.7. The highest BCUT2D eigenvalue weighted by Gasteiger charge is 2.15. The van der Waals surface area contributed by atoms with Crippen LogP contribution in [0.3, 0.4) is 0 Å². The molecule has 28 heavy (non-hydrogen) atoms. The molecule has 2 rings (SSSR count). The monoisotopic (exact) mass is 513 g/mol. The molecule has 1 atom stereocenters. The second kappa shape index (κ2) is 14.7.